The van der Waals surface area contributed by atoms with E-state index in [0.29, 0.717) is 41.3 Å². The lowest BCUT2D eigenvalue weighted by Gasteiger charge is -2.60. The molecule has 5 rings (SSSR count). The molecular formula is C26H39NO2. The van der Waals surface area contributed by atoms with Crippen LogP contribution in [0.3, 0.4) is 0 Å². The Kier molecular flexibility index (Phi) is 4.96. The molecule has 1 heterocycles. The number of likely N-dealkylation sites (tertiary alicyclic amines) is 1. The first kappa shape index (κ1) is 19.8. The van der Waals surface area contributed by atoms with E-state index in [4.69, 9.17) is 0 Å². The van der Waals surface area contributed by atoms with E-state index in [0.717, 1.165) is 19.3 Å². The van der Waals surface area contributed by atoms with E-state index in [1.807, 2.05) is 0 Å². The largest absolute Gasteiger partial charge is 0.396 e. The molecule has 0 spiro atoms. The fraction of sp³-hybridized carbons (Fsp3) is 0.808. The summed E-state index contributed by atoms with van der Waals surface area (Å²) < 4.78 is 0. The number of carbonyl (C=O) groups excluding carboxylic acids is 1. The van der Waals surface area contributed by atoms with E-state index < -0.39 is 0 Å². The molecule has 0 amide bonds. The van der Waals surface area contributed by atoms with Crippen LogP contribution in [0.25, 0.3) is 0 Å². The van der Waals surface area contributed by atoms with Crippen LogP contribution in [0.1, 0.15) is 78.1 Å². The maximum Gasteiger partial charge on any atom is 0.136 e. The van der Waals surface area contributed by atoms with Gasteiger partial charge in [0.05, 0.1) is 0 Å². The van der Waals surface area contributed by atoms with Gasteiger partial charge in [0.15, 0.2) is 0 Å². The van der Waals surface area contributed by atoms with Gasteiger partial charge >= 0.3 is 0 Å². The predicted octanol–water partition coefficient (Wildman–Crippen LogP) is 5.11. The molecule has 0 aromatic carbocycles. The Morgan fingerprint density at radius 1 is 1.10 bits per heavy atom. The molecular weight excluding hydrogens is 358 g/mol. The summed E-state index contributed by atoms with van der Waals surface area (Å²) in [7, 11) is 0. The molecule has 6 atom stereocenters. The molecule has 1 N–H and O–H groups in total. The number of ketones is 1. The van der Waals surface area contributed by atoms with Gasteiger partial charge in [0.25, 0.3) is 0 Å². The quantitative estimate of drug-likeness (QED) is 0.673. The lowest BCUT2D eigenvalue weighted by Crippen LogP contribution is -2.53. The SMILES string of the molecule is C[C@]12CCC(=O)CC1=CC(CCO)[C@@H]1[C@H]2CC[C@]2(C)C(N3CCCCC3)=CC[C@@H]12. The van der Waals surface area contributed by atoms with E-state index in [1.165, 1.54) is 57.2 Å². The molecule has 0 aromatic heterocycles. The minimum absolute atomic E-state index is 0.208. The zero-order valence-electron chi connectivity index (χ0n) is 18.5. The Hall–Kier alpha value is -1.09. The summed E-state index contributed by atoms with van der Waals surface area (Å²) in [6.45, 7) is 7.77. The van der Waals surface area contributed by atoms with Crippen molar-refractivity contribution >= 4 is 5.78 Å². The molecule has 3 heteroatoms. The van der Waals surface area contributed by atoms with Gasteiger partial charge in [-0.15, -0.1) is 0 Å². The van der Waals surface area contributed by atoms with Crippen LogP contribution >= 0.6 is 0 Å². The summed E-state index contributed by atoms with van der Waals surface area (Å²) in [5, 5.41) is 9.86. The number of rotatable bonds is 3. The second kappa shape index (κ2) is 7.25. The van der Waals surface area contributed by atoms with Crippen molar-refractivity contribution < 1.29 is 9.90 Å². The highest BCUT2D eigenvalue weighted by Gasteiger charge is 2.59. The van der Waals surface area contributed by atoms with Crippen molar-refractivity contribution in [3.05, 3.63) is 23.4 Å². The number of aliphatic hydroxyl groups is 1. The van der Waals surface area contributed by atoms with Crippen LogP contribution in [0.4, 0.5) is 0 Å². The van der Waals surface area contributed by atoms with Crippen molar-refractivity contribution in [2.75, 3.05) is 19.7 Å². The zero-order valence-corrected chi connectivity index (χ0v) is 18.5. The molecule has 29 heavy (non-hydrogen) atoms. The zero-order chi connectivity index (χ0) is 20.2. The number of allylic oxidation sites excluding steroid dienone is 4. The number of hydrogen-bond acceptors (Lipinski definition) is 3. The van der Waals surface area contributed by atoms with Gasteiger partial charge < -0.3 is 10.0 Å². The Morgan fingerprint density at radius 2 is 1.90 bits per heavy atom. The van der Waals surface area contributed by atoms with E-state index in [2.05, 4.69) is 30.9 Å². The molecule has 0 radical (unpaired) electrons. The molecule has 0 aromatic rings. The molecule has 1 aliphatic heterocycles. The van der Waals surface area contributed by atoms with E-state index >= 15 is 0 Å². The van der Waals surface area contributed by atoms with Crippen LogP contribution < -0.4 is 0 Å². The minimum atomic E-state index is 0.208. The first-order valence-electron chi connectivity index (χ1n) is 12.3. The fourth-order valence-electron chi connectivity index (χ4n) is 8.24. The lowest BCUT2D eigenvalue weighted by atomic mass is 9.45. The molecule has 160 valence electrons. The average Bonchev–Trinajstić information content (AvgIpc) is 3.07. The molecule has 3 nitrogen and oxygen atoms in total. The maximum atomic E-state index is 12.2. The molecule has 3 fully saturated rings. The lowest BCUT2D eigenvalue weighted by molar-refractivity contribution is -0.122. The van der Waals surface area contributed by atoms with Crippen LogP contribution in [-0.2, 0) is 4.79 Å². The van der Waals surface area contributed by atoms with Crippen molar-refractivity contribution in [2.45, 2.75) is 78.1 Å². The maximum absolute atomic E-state index is 12.2. The standard InChI is InChI=1S/C26H39NO2/c1-25-11-8-20(29)17-19(25)16-18(10-15-28)24-21-6-7-23(27-13-4-3-5-14-27)26(21,2)12-9-22(24)25/h7,16,18,21-22,24,28H,3-6,8-15,17H2,1-2H3/t18?,21-,22+,24-,25-,26-/m0/s1. The molecule has 1 unspecified atom stereocenters. The van der Waals surface area contributed by atoms with Gasteiger partial charge in [0.1, 0.15) is 5.78 Å². The molecule has 5 aliphatic rings. The summed E-state index contributed by atoms with van der Waals surface area (Å²) in [5.41, 5.74) is 3.58. The number of hydrogen-bond donors (Lipinski definition) is 1. The van der Waals surface area contributed by atoms with Crippen LogP contribution in [0.15, 0.2) is 23.4 Å². The Morgan fingerprint density at radius 3 is 2.66 bits per heavy atom. The third-order valence-electron chi connectivity index (χ3n) is 9.80. The van der Waals surface area contributed by atoms with Crippen LogP contribution in [0, 0.1) is 34.5 Å². The molecule has 4 aliphatic carbocycles. The number of piperidine rings is 1. The Bertz CT molecular complexity index is 733. The van der Waals surface area contributed by atoms with Crippen molar-refractivity contribution in [1.29, 1.82) is 0 Å². The predicted molar refractivity (Wildman–Crippen MR) is 116 cm³/mol. The Balaban J connectivity index is 1.49. The van der Waals surface area contributed by atoms with Gasteiger partial charge in [-0.3, -0.25) is 4.79 Å². The van der Waals surface area contributed by atoms with Crippen molar-refractivity contribution in [2.24, 2.45) is 34.5 Å². The third kappa shape index (κ3) is 2.98. The van der Waals surface area contributed by atoms with Crippen molar-refractivity contribution in [3.8, 4) is 0 Å². The van der Waals surface area contributed by atoms with Crippen LogP contribution in [0.2, 0.25) is 0 Å². The topological polar surface area (TPSA) is 40.5 Å². The van der Waals surface area contributed by atoms with Gasteiger partial charge in [-0.2, -0.15) is 0 Å². The number of carbonyl (C=O) groups is 1. The van der Waals surface area contributed by atoms with Crippen molar-refractivity contribution in [3.63, 3.8) is 0 Å². The van der Waals surface area contributed by atoms with Gasteiger partial charge in [0, 0.05) is 43.7 Å². The molecule has 0 bridgehead atoms. The molecule has 1 saturated heterocycles. The minimum Gasteiger partial charge on any atom is -0.396 e. The summed E-state index contributed by atoms with van der Waals surface area (Å²) in [6, 6.07) is 0. The average molecular weight is 398 g/mol. The van der Waals surface area contributed by atoms with Gasteiger partial charge in [-0.05, 0) is 80.5 Å². The number of Topliss-reactive ketones (excluding diaryl/α,β-unsaturated/α-hetero) is 1. The highest BCUT2D eigenvalue weighted by Crippen LogP contribution is 2.66. The number of fused-ring (bicyclic) bond motifs is 5. The monoisotopic (exact) mass is 397 g/mol. The summed E-state index contributed by atoms with van der Waals surface area (Å²) >= 11 is 0. The highest BCUT2D eigenvalue weighted by atomic mass is 16.3. The van der Waals surface area contributed by atoms with Gasteiger partial charge in [-0.1, -0.05) is 31.6 Å². The number of aliphatic hydroxyl groups excluding tert-OH is 1. The van der Waals surface area contributed by atoms with Crippen LogP contribution in [-0.4, -0.2) is 35.5 Å². The number of nitrogens with zero attached hydrogens (tertiary/aromatic N) is 1. The second-order valence-corrected chi connectivity index (χ2v) is 11.1. The first-order valence-corrected chi connectivity index (χ1v) is 12.3. The second-order valence-electron chi connectivity index (χ2n) is 11.1. The van der Waals surface area contributed by atoms with E-state index in [-0.39, 0.29) is 12.0 Å². The van der Waals surface area contributed by atoms with E-state index in [1.54, 1.807) is 5.70 Å². The van der Waals surface area contributed by atoms with Gasteiger partial charge in [-0.25, -0.2) is 0 Å². The highest BCUT2D eigenvalue weighted by molar-refractivity contribution is 5.82. The summed E-state index contributed by atoms with van der Waals surface area (Å²) in [4.78, 5) is 15.0. The van der Waals surface area contributed by atoms with Gasteiger partial charge in [0.2, 0.25) is 0 Å². The summed E-state index contributed by atoms with van der Waals surface area (Å²) in [6.07, 6.45) is 16.3. The van der Waals surface area contributed by atoms with Crippen LogP contribution in [0.5, 0.6) is 0 Å². The summed E-state index contributed by atoms with van der Waals surface area (Å²) in [5.74, 6) is 2.89. The Labute approximate surface area is 176 Å². The van der Waals surface area contributed by atoms with E-state index in [9.17, 15) is 9.90 Å². The first-order chi connectivity index (χ1) is 14.0. The normalized spacial score (nSPS) is 44.5. The fourth-order valence-corrected chi connectivity index (χ4v) is 8.24. The third-order valence-corrected chi connectivity index (χ3v) is 9.80. The molecule has 2 saturated carbocycles. The smallest absolute Gasteiger partial charge is 0.136 e. The van der Waals surface area contributed by atoms with Crippen molar-refractivity contribution in [1.82, 2.24) is 4.90 Å².